The van der Waals surface area contributed by atoms with Crippen LogP contribution in [0.25, 0.3) is 5.69 Å². The molecule has 5 rings (SSSR count). The van der Waals surface area contributed by atoms with Crippen LogP contribution in [0.1, 0.15) is 30.1 Å². The van der Waals surface area contributed by atoms with E-state index in [1.54, 1.807) is 35.7 Å². The zero-order valence-electron chi connectivity index (χ0n) is 16.9. The van der Waals surface area contributed by atoms with Gasteiger partial charge in [0.15, 0.2) is 0 Å². The van der Waals surface area contributed by atoms with E-state index in [9.17, 15) is 9.59 Å². The summed E-state index contributed by atoms with van der Waals surface area (Å²) in [7, 11) is 1.63. The number of ether oxygens (including phenoxy) is 1. The first-order valence-electron chi connectivity index (χ1n) is 10.2. The van der Waals surface area contributed by atoms with Gasteiger partial charge in [-0.2, -0.15) is 0 Å². The van der Waals surface area contributed by atoms with Crippen LogP contribution in [-0.4, -0.2) is 53.9 Å². The Kier molecular flexibility index (Phi) is 5.96. The van der Waals surface area contributed by atoms with E-state index < -0.39 is 0 Å². The van der Waals surface area contributed by atoms with Gasteiger partial charge >= 0.3 is 0 Å². The average molecular weight is 414 g/mol. The maximum absolute atomic E-state index is 12.9. The van der Waals surface area contributed by atoms with Gasteiger partial charge in [0, 0.05) is 29.7 Å². The lowest BCUT2D eigenvalue weighted by Crippen LogP contribution is -2.57. The topological polar surface area (TPSA) is 63.6 Å². The van der Waals surface area contributed by atoms with Gasteiger partial charge in [-0.3, -0.25) is 14.2 Å². The van der Waals surface area contributed by atoms with Crippen LogP contribution >= 0.6 is 11.8 Å². The maximum Gasteiger partial charge on any atom is 0.255 e. The molecule has 1 N–H and O–H groups in total. The Morgan fingerprint density at radius 1 is 1.24 bits per heavy atom. The highest BCUT2D eigenvalue weighted by molar-refractivity contribution is 7.99. The van der Waals surface area contributed by atoms with E-state index in [-0.39, 0.29) is 17.5 Å². The number of nitrogens with zero attached hydrogens (tertiary/aromatic N) is 2. The summed E-state index contributed by atoms with van der Waals surface area (Å²) in [4.78, 5) is 28.9. The number of hydrogen-bond acceptors (Lipinski definition) is 5. The quantitative estimate of drug-likeness (QED) is 0.738. The number of hydrogen-bond donors (Lipinski definition) is 1. The summed E-state index contributed by atoms with van der Waals surface area (Å²) in [5, 5.41) is 3.20. The largest absolute Gasteiger partial charge is 0.497 e. The fourth-order valence-corrected chi connectivity index (χ4v) is 5.11. The number of benzene rings is 1. The van der Waals surface area contributed by atoms with E-state index in [4.69, 9.17) is 4.74 Å². The second-order valence-electron chi connectivity index (χ2n) is 7.61. The maximum atomic E-state index is 12.9. The van der Waals surface area contributed by atoms with Crippen molar-refractivity contribution >= 4 is 17.7 Å². The highest BCUT2D eigenvalue weighted by Gasteiger charge is 2.35. The molecule has 4 heterocycles. The summed E-state index contributed by atoms with van der Waals surface area (Å²) in [6.45, 7) is 5.26. The van der Waals surface area contributed by atoms with Crippen molar-refractivity contribution in [2.75, 3.05) is 32.5 Å². The molecule has 1 aromatic carbocycles. The smallest absolute Gasteiger partial charge is 0.255 e. The highest BCUT2D eigenvalue weighted by atomic mass is 32.2. The van der Waals surface area contributed by atoms with Crippen molar-refractivity contribution in [3.8, 4) is 11.4 Å². The predicted octanol–water partition coefficient (Wildman–Crippen LogP) is 2.78. The third-order valence-electron chi connectivity index (χ3n) is 5.87. The summed E-state index contributed by atoms with van der Waals surface area (Å²) in [5.41, 5.74) is 1.11. The molecule has 3 aliphatic heterocycles. The second-order valence-corrected chi connectivity index (χ2v) is 8.92. The van der Waals surface area contributed by atoms with Gasteiger partial charge in [-0.1, -0.05) is 6.92 Å². The van der Waals surface area contributed by atoms with Crippen molar-refractivity contribution in [3.63, 3.8) is 0 Å². The molecule has 0 spiro atoms. The Bertz CT molecular complexity index is 951. The number of nitrogens with one attached hydrogen (secondary N) is 1. The second kappa shape index (κ2) is 8.63. The molecule has 2 aromatic rings. The minimum Gasteiger partial charge on any atom is -0.497 e. The number of piperidine rings is 3. The van der Waals surface area contributed by atoms with Crippen molar-refractivity contribution in [1.82, 2.24) is 14.8 Å². The molecule has 1 amide bonds. The number of aromatic nitrogens is 1. The molecule has 29 heavy (non-hydrogen) atoms. The van der Waals surface area contributed by atoms with Crippen LogP contribution in [0, 0.1) is 5.92 Å². The van der Waals surface area contributed by atoms with Gasteiger partial charge in [-0.25, -0.2) is 0 Å². The predicted molar refractivity (Wildman–Crippen MR) is 115 cm³/mol. The highest BCUT2D eigenvalue weighted by Crippen LogP contribution is 2.30. The molecular formula is C22H27N3O3S. The Labute approximate surface area is 175 Å². The number of pyridine rings is 1. The summed E-state index contributed by atoms with van der Waals surface area (Å²) < 4.78 is 6.88. The standard InChI is InChI=1S/C22H27N3O3S/c1-3-29-20-12-17(28-2)5-6-19(20)25-13-16(4-7-21(25)26)22(27)23-18-14-24-10-8-15(18)9-11-24/h4-7,12-13,15,18H,3,8-11,14H2,1-2H3,(H,23,27). The molecule has 6 nitrogen and oxygen atoms in total. The van der Waals surface area contributed by atoms with Crippen molar-refractivity contribution < 1.29 is 9.53 Å². The molecule has 154 valence electrons. The fraction of sp³-hybridized carbons (Fsp3) is 0.455. The van der Waals surface area contributed by atoms with Crippen molar-refractivity contribution in [2.45, 2.75) is 30.7 Å². The molecule has 3 saturated heterocycles. The Hall–Kier alpha value is -2.25. The molecule has 1 atom stereocenters. The average Bonchev–Trinajstić information content (AvgIpc) is 2.75. The molecular weight excluding hydrogens is 386 g/mol. The molecule has 3 aliphatic rings. The van der Waals surface area contributed by atoms with Crippen LogP contribution in [0.2, 0.25) is 0 Å². The first-order valence-corrected chi connectivity index (χ1v) is 11.1. The molecule has 0 saturated carbocycles. The van der Waals surface area contributed by atoms with Gasteiger partial charge in [0.1, 0.15) is 5.75 Å². The zero-order chi connectivity index (χ0) is 20.4. The minimum absolute atomic E-state index is 0.115. The fourth-order valence-electron chi connectivity index (χ4n) is 4.28. The van der Waals surface area contributed by atoms with Gasteiger partial charge in [0.25, 0.3) is 11.5 Å². The molecule has 0 radical (unpaired) electrons. The third kappa shape index (κ3) is 4.21. The summed E-state index contributed by atoms with van der Waals surface area (Å²) >= 11 is 1.64. The van der Waals surface area contributed by atoms with E-state index in [0.29, 0.717) is 11.5 Å². The lowest BCUT2D eigenvalue weighted by molar-refractivity contribution is 0.0620. The molecule has 2 bridgehead atoms. The Morgan fingerprint density at radius 3 is 2.69 bits per heavy atom. The number of thioether (sulfide) groups is 1. The van der Waals surface area contributed by atoms with E-state index in [1.807, 2.05) is 18.2 Å². The monoisotopic (exact) mass is 413 g/mol. The van der Waals surface area contributed by atoms with Crippen LogP contribution < -0.4 is 15.6 Å². The SMILES string of the molecule is CCSc1cc(OC)ccc1-n1cc(C(=O)NC2CN3CCC2CC3)ccc1=O. The third-order valence-corrected chi connectivity index (χ3v) is 6.80. The molecule has 1 aromatic heterocycles. The molecule has 1 unspecified atom stereocenters. The number of fused-ring (bicyclic) bond motifs is 3. The molecule has 3 fully saturated rings. The summed E-state index contributed by atoms with van der Waals surface area (Å²) in [6, 6.07) is 8.91. The Balaban J connectivity index is 1.61. The number of methoxy groups -OCH3 is 1. The van der Waals surface area contributed by atoms with E-state index in [0.717, 1.165) is 54.6 Å². The van der Waals surface area contributed by atoms with E-state index in [1.165, 1.54) is 6.07 Å². The van der Waals surface area contributed by atoms with Gasteiger partial charge in [0.05, 0.1) is 18.4 Å². The summed E-state index contributed by atoms with van der Waals surface area (Å²) in [6.07, 6.45) is 3.95. The van der Waals surface area contributed by atoms with Gasteiger partial charge in [-0.05, 0) is 61.9 Å². The van der Waals surface area contributed by atoms with Crippen LogP contribution in [-0.2, 0) is 0 Å². The van der Waals surface area contributed by atoms with Gasteiger partial charge < -0.3 is 15.0 Å². The van der Waals surface area contributed by atoms with Crippen LogP contribution in [0.4, 0.5) is 0 Å². The first-order chi connectivity index (χ1) is 14.1. The van der Waals surface area contributed by atoms with E-state index >= 15 is 0 Å². The first kappa shape index (κ1) is 20.0. The van der Waals surface area contributed by atoms with Gasteiger partial charge in [0.2, 0.25) is 0 Å². The Morgan fingerprint density at radius 2 is 2.03 bits per heavy atom. The zero-order valence-corrected chi connectivity index (χ0v) is 17.7. The minimum atomic E-state index is -0.160. The molecule has 7 heteroatoms. The van der Waals surface area contributed by atoms with Gasteiger partial charge in [-0.15, -0.1) is 11.8 Å². The molecule has 0 aliphatic carbocycles. The van der Waals surface area contributed by atoms with Crippen LogP contribution in [0.3, 0.4) is 0 Å². The lowest BCUT2D eigenvalue weighted by atomic mass is 9.84. The van der Waals surface area contributed by atoms with E-state index in [2.05, 4.69) is 17.1 Å². The number of carbonyl (C=O) groups excluding carboxylic acids is 1. The lowest BCUT2D eigenvalue weighted by Gasteiger charge is -2.44. The number of carbonyl (C=O) groups is 1. The number of amides is 1. The van der Waals surface area contributed by atoms with Crippen molar-refractivity contribution in [1.29, 1.82) is 0 Å². The summed E-state index contributed by atoms with van der Waals surface area (Å²) in [5.74, 6) is 2.06. The van der Waals surface area contributed by atoms with Crippen molar-refractivity contribution in [2.24, 2.45) is 5.92 Å². The van der Waals surface area contributed by atoms with Crippen LogP contribution in [0.5, 0.6) is 5.75 Å². The normalized spacial score (nSPS) is 23.0. The van der Waals surface area contributed by atoms with Crippen LogP contribution in [0.15, 0.2) is 46.2 Å². The number of rotatable bonds is 6. The van der Waals surface area contributed by atoms with Crippen molar-refractivity contribution in [3.05, 3.63) is 52.4 Å².